The van der Waals surface area contributed by atoms with Gasteiger partial charge in [0, 0.05) is 0 Å². The third-order valence-corrected chi connectivity index (χ3v) is 2.45. The monoisotopic (exact) mass is 253 g/mol. The molecule has 0 heterocycles. The summed E-state index contributed by atoms with van der Waals surface area (Å²) in [6.45, 7) is 0. The lowest BCUT2D eigenvalue weighted by Crippen LogP contribution is -2.25. The molecule has 0 aliphatic heterocycles. The second-order valence-corrected chi connectivity index (χ2v) is 3.99. The van der Waals surface area contributed by atoms with E-state index in [1.165, 1.54) is 12.1 Å². The maximum Gasteiger partial charge on any atom is 0.307 e. The van der Waals surface area contributed by atoms with E-state index in [1.807, 2.05) is 0 Å². The molecule has 1 aromatic carbocycles. The number of amides is 1. The number of carboxylic acids is 1. The van der Waals surface area contributed by atoms with Gasteiger partial charge in [-0.25, -0.2) is 0 Å². The lowest BCUT2D eigenvalue weighted by molar-refractivity contribution is -0.136. The van der Waals surface area contributed by atoms with Crippen LogP contribution >= 0.6 is 0 Å². The fraction of sp³-hybridized carbons (Fsp3) is 0.333. The van der Waals surface area contributed by atoms with Crippen LogP contribution in [0, 0.1) is 0 Å². The number of carboxylic acid groups (broad SMARTS) is 1. The molecule has 2 atom stereocenters. The van der Waals surface area contributed by atoms with Gasteiger partial charge < -0.3 is 21.1 Å². The van der Waals surface area contributed by atoms with Crippen molar-refractivity contribution in [3.8, 4) is 0 Å². The van der Waals surface area contributed by atoms with E-state index in [0.717, 1.165) is 0 Å². The van der Waals surface area contributed by atoms with Crippen molar-refractivity contribution in [2.45, 2.75) is 25.0 Å². The SMILES string of the molecule is NC(=O)CC(O)C(O)c1ccc(CC(=O)O)cc1. The normalized spacial score (nSPS) is 13.9. The summed E-state index contributed by atoms with van der Waals surface area (Å²) in [7, 11) is 0. The Morgan fingerprint density at radius 1 is 1.17 bits per heavy atom. The highest BCUT2D eigenvalue weighted by molar-refractivity contribution is 5.74. The second kappa shape index (κ2) is 6.13. The van der Waals surface area contributed by atoms with Crippen molar-refractivity contribution in [2.24, 2.45) is 5.73 Å². The lowest BCUT2D eigenvalue weighted by Gasteiger charge is -2.16. The average molecular weight is 253 g/mol. The van der Waals surface area contributed by atoms with E-state index in [9.17, 15) is 19.8 Å². The molecule has 18 heavy (non-hydrogen) atoms. The van der Waals surface area contributed by atoms with Crippen LogP contribution in [0.1, 0.15) is 23.7 Å². The molecule has 1 aromatic rings. The molecule has 0 saturated heterocycles. The predicted octanol–water partition coefficient (Wildman–Crippen LogP) is -0.417. The van der Waals surface area contributed by atoms with Crippen LogP contribution in [0.5, 0.6) is 0 Å². The first-order chi connectivity index (χ1) is 8.40. The van der Waals surface area contributed by atoms with Crippen molar-refractivity contribution in [3.05, 3.63) is 35.4 Å². The first-order valence-electron chi connectivity index (χ1n) is 5.35. The highest BCUT2D eigenvalue weighted by atomic mass is 16.4. The lowest BCUT2D eigenvalue weighted by atomic mass is 10.00. The number of carbonyl (C=O) groups excluding carboxylic acids is 1. The zero-order valence-electron chi connectivity index (χ0n) is 9.61. The largest absolute Gasteiger partial charge is 0.481 e. The number of aliphatic hydroxyl groups is 2. The zero-order valence-corrected chi connectivity index (χ0v) is 9.61. The van der Waals surface area contributed by atoms with Crippen LogP contribution < -0.4 is 5.73 Å². The summed E-state index contributed by atoms with van der Waals surface area (Å²) in [5, 5.41) is 27.8. The Hall–Kier alpha value is -1.92. The van der Waals surface area contributed by atoms with Gasteiger partial charge in [0.25, 0.3) is 0 Å². The van der Waals surface area contributed by atoms with Gasteiger partial charge in [-0.15, -0.1) is 0 Å². The van der Waals surface area contributed by atoms with E-state index in [4.69, 9.17) is 10.8 Å². The fourth-order valence-electron chi connectivity index (χ4n) is 1.55. The van der Waals surface area contributed by atoms with Crippen molar-refractivity contribution in [2.75, 3.05) is 0 Å². The fourth-order valence-corrected chi connectivity index (χ4v) is 1.55. The average Bonchev–Trinajstić information content (AvgIpc) is 2.27. The Kier molecular flexibility index (Phi) is 4.82. The Labute approximate surface area is 104 Å². The van der Waals surface area contributed by atoms with Crippen LogP contribution in [0.25, 0.3) is 0 Å². The summed E-state index contributed by atoms with van der Waals surface area (Å²) in [5.74, 6) is -1.65. The molecule has 0 aromatic heterocycles. The van der Waals surface area contributed by atoms with Gasteiger partial charge in [0.1, 0.15) is 6.10 Å². The van der Waals surface area contributed by atoms with Gasteiger partial charge in [-0.05, 0) is 11.1 Å². The standard InChI is InChI=1S/C12H15NO5/c13-10(15)6-9(14)12(18)8-3-1-7(2-4-8)5-11(16)17/h1-4,9,12,14,18H,5-6H2,(H2,13,15)(H,16,17). The highest BCUT2D eigenvalue weighted by Crippen LogP contribution is 2.19. The van der Waals surface area contributed by atoms with Crippen LogP contribution in [0.2, 0.25) is 0 Å². The molecule has 0 saturated carbocycles. The molecule has 0 radical (unpaired) electrons. The summed E-state index contributed by atoms with van der Waals surface area (Å²) in [6.07, 6.45) is -2.94. The maximum absolute atomic E-state index is 10.6. The summed E-state index contributed by atoms with van der Waals surface area (Å²) in [5.41, 5.74) is 5.90. The number of nitrogens with two attached hydrogens (primary N) is 1. The van der Waals surface area contributed by atoms with Crippen LogP contribution in [-0.2, 0) is 16.0 Å². The summed E-state index contributed by atoms with van der Waals surface area (Å²) < 4.78 is 0. The van der Waals surface area contributed by atoms with Crippen molar-refractivity contribution in [1.82, 2.24) is 0 Å². The first kappa shape index (κ1) is 14.1. The van der Waals surface area contributed by atoms with Gasteiger partial charge in [0.15, 0.2) is 0 Å². The number of hydrogen-bond acceptors (Lipinski definition) is 4. The van der Waals surface area contributed by atoms with E-state index in [0.29, 0.717) is 11.1 Å². The summed E-state index contributed by atoms with van der Waals surface area (Å²) in [6, 6.07) is 6.10. The number of hydrogen-bond donors (Lipinski definition) is 4. The van der Waals surface area contributed by atoms with Crippen molar-refractivity contribution in [3.63, 3.8) is 0 Å². The van der Waals surface area contributed by atoms with Crippen LogP contribution in [0.4, 0.5) is 0 Å². The molecular formula is C12H15NO5. The van der Waals surface area contributed by atoms with Crippen LogP contribution in [0.3, 0.4) is 0 Å². The number of primary amides is 1. The number of aliphatic carboxylic acids is 1. The Morgan fingerprint density at radius 2 is 1.72 bits per heavy atom. The molecule has 2 unspecified atom stereocenters. The van der Waals surface area contributed by atoms with Gasteiger partial charge in [0.05, 0.1) is 18.9 Å². The maximum atomic E-state index is 10.6. The van der Waals surface area contributed by atoms with Crippen molar-refractivity contribution in [1.29, 1.82) is 0 Å². The summed E-state index contributed by atoms with van der Waals surface area (Å²) in [4.78, 5) is 21.1. The quantitative estimate of drug-likeness (QED) is 0.549. The Morgan fingerprint density at radius 3 is 2.17 bits per heavy atom. The molecule has 6 heteroatoms. The predicted molar refractivity (Wildman–Crippen MR) is 62.6 cm³/mol. The van der Waals surface area contributed by atoms with E-state index in [1.54, 1.807) is 12.1 Å². The molecule has 0 aliphatic rings. The first-order valence-corrected chi connectivity index (χ1v) is 5.35. The molecule has 5 N–H and O–H groups in total. The van der Waals surface area contributed by atoms with Gasteiger partial charge >= 0.3 is 5.97 Å². The topological polar surface area (TPSA) is 121 Å². The molecule has 0 fully saturated rings. The van der Waals surface area contributed by atoms with Crippen molar-refractivity contribution >= 4 is 11.9 Å². The molecule has 0 aliphatic carbocycles. The van der Waals surface area contributed by atoms with E-state index >= 15 is 0 Å². The minimum Gasteiger partial charge on any atom is -0.481 e. The number of rotatable bonds is 6. The van der Waals surface area contributed by atoms with E-state index in [-0.39, 0.29) is 12.8 Å². The van der Waals surface area contributed by atoms with Crippen LogP contribution in [0.15, 0.2) is 24.3 Å². The zero-order chi connectivity index (χ0) is 13.7. The molecule has 98 valence electrons. The number of aliphatic hydroxyl groups excluding tert-OH is 2. The number of benzene rings is 1. The van der Waals surface area contributed by atoms with Crippen molar-refractivity contribution < 1.29 is 24.9 Å². The third kappa shape index (κ3) is 4.15. The van der Waals surface area contributed by atoms with E-state index in [2.05, 4.69) is 0 Å². The Balaban J connectivity index is 2.72. The minimum atomic E-state index is -1.27. The molecule has 1 amide bonds. The molecular weight excluding hydrogens is 238 g/mol. The molecule has 0 spiro atoms. The number of carbonyl (C=O) groups is 2. The smallest absolute Gasteiger partial charge is 0.307 e. The second-order valence-electron chi connectivity index (χ2n) is 3.99. The Bertz CT molecular complexity index is 429. The van der Waals surface area contributed by atoms with Gasteiger partial charge in [0.2, 0.25) is 5.91 Å². The van der Waals surface area contributed by atoms with Gasteiger partial charge in [-0.2, -0.15) is 0 Å². The van der Waals surface area contributed by atoms with Gasteiger partial charge in [-0.1, -0.05) is 24.3 Å². The molecule has 1 rings (SSSR count). The van der Waals surface area contributed by atoms with Gasteiger partial charge in [-0.3, -0.25) is 9.59 Å². The third-order valence-electron chi connectivity index (χ3n) is 2.45. The molecule has 0 bridgehead atoms. The minimum absolute atomic E-state index is 0.111. The van der Waals surface area contributed by atoms with Crippen LogP contribution in [-0.4, -0.2) is 33.3 Å². The molecule has 6 nitrogen and oxygen atoms in total. The highest BCUT2D eigenvalue weighted by Gasteiger charge is 2.20. The summed E-state index contributed by atoms with van der Waals surface area (Å²) >= 11 is 0. The van der Waals surface area contributed by atoms with E-state index < -0.39 is 24.1 Å².